The first-order chi connectivity index (χ1) is 29.2. The summed E-state index contributed by atoms with van der Waals surface area (Å²) in [5, 5.41) is 5.84. The molecule has 12 nitrogen and oxygen atoms in total. The van der Waals surface area contributed by atoms with Crippen molar-refractivity contribution < 1.29 is 33.4 Å². The van der Waals surface area contributed by atoms with E-state index >= 15 is 0 Å². The number of nitrogens with zero attached hydrogens (tertiary/aromatic N) is 3. The molecule has 0 saturated carbocycles. The highest BCUT2D eigenvalue weighted by molar-refractivity contribution is 5.99. The van der Waals surface area contributed by atoms with Gasteiger partial charge in [0, 0.05) is 49.8 Å². The smallest absolute Gasteiger partial charge is 0.252 e. The topological polar surface area (TPSA) is 138 Å². The number of hydrogen-bond acceptors (Lipinski definition) is 8. The quantitative estimate of drug-likeness (QED) is 0.125. The lowest BCUT2D eigenvalue weighted by Gasteiger charge is -2.36. The van der Waals surface area contributed by atoms with Crippen molar-refractivity contribution in [3.05, 3.63) is 131 Å². The molecule has 61 heavy (non-hydrogen) atoms. The number of carbonyl (C=O) groups is 5. The maximum Gasteiger partial charge on any atom is 0.252 e. The van der Waals surface area contributed by atoms with Crippen LogP contribution in [-0.4, -0.2) is 105 Å². The predicted molar refractivity (Wildman–Crippen MR) is 239 cm³/mol. The Morgan fingerprint density at radius 2 is 1.00 bits per heavy atom. The third kappa shape index (κ3) is 13.6. The van der Waals surface area contributed by atoms with Gasteiger partial charge in [-0.1, -0.05) is 74.5 Å². The molecule has 4 amide bonds. The van der Waals surface area contributed by atoms with Gasteiger partial charge in [-0.25, -0.2) is 0 Å². The molecular weight excluding hydrogens is 794 g/mol. The van der Waals surface area contributed by atoms with Crippen molar-refractivity contribution in [3.8, 4) is 11.5 Å². The van der Waals surface area contributed by atoms with Crippen molar-refractivity contribution in [2.24, 2.45) is 11.8 Å². The summed E-state index contributed by atoms with van der Waals surface area (Å²) >= 11 is 0. The number of piperidine rings is 2. The van der Waals surface area contributed by atoms with Gasteiger partial charge in [0.1, 0.15) is 29.9 Å². The molecule has 2 N–H and O–H groups in total. The number of halogens is 1. The molecular formula is C48H60ClN5O7. The van der Waals surface area contributed by atoms with E-state index in [1.807, 2.05) is 65.6 Å². The minimum atomic E-state index is -0.774. The third-order valence-electron chi connectivity index (χ3n) is 11.4. The first kappa shape index (κ1) is 48.0. The van der Waals surface area contributed by atoms with Crippen molar-refractivity contribution in [3.63, 3.8) is 0 Å². The molecule has 4 aromatic carbocycles. The number of amides is 4. The highest BCUT2D eigenvalue weighted by atomic mass is 35.5. The second-order valence-corrected chi connectivity index (χ2v) is 15.1. The van der Waals surface area contributed by atoms with Crippen LogP contribution in [0.4, 0.5) is 0 Å². The van der Waals surface area contributed by atoms with Crippen LogP contribution in [0.2, 0.25) is 0 Å². The Hall–Kier alpha value is -5.72. The highest BCUT2D eigenvalue weighted by Crippen LogP contribution is 2.25. The number of rotatable bonds is 15. The van der Waals surface area contributed by atoms with Gasteiger partial charge in [-0.2, -0.15) is 0 Å². The summed E-state index contributed by atoms with van der Waals surface area (Å²) in [6, 6.07) is 30.9. The standard InChI is InChI=1S/C26H35N3O3.C22H24N2O4.ClH/c1-4-28(5-2)19-20-15-17-29(18-16-20)26(31)24(21-9-7-6-8-10-21)27-25(30)22-11-13-23(32-3)14-12-22;1-28-19-9-7-18(8-10-19)21(26)23-20(17-5-3-2-4-6-17)22(27)24-13-11-16(15-25)12-14-24;/h6-14,20,24H,4-5,15-19H2,1-3H3,(H,27,30);2-10,15-16,20H,11-14H2,1H3,(H,23,26);1H/t24-;20-;/m11./s1. The van der Waals surface area contributed by atoms with Gasteiger partial charge in [0.15, 0.2) is 0 Å². The Balaban J connectivity index is 0.000000266. The largest absolute Gasteiger partial charge is 0.497 e. The van der Waals surface area contributed by atoms with E-state index in [9.17, 15) is 24.0 Å². The van der Waals surface area contributed by atoms with Crippen LogP contribution in [0, 0.1) is 11.8 Å². The number of ether oxygens (including phenoxy) is 2. The van der Waals surface area contributed by atoms with Crippen LogP contribution in [-0.2, 0) is 14.4 Å². The average Bonchev–Trinajstić information content (AvgIpc) is 3.32. The molecule has 2 saturated heterocycles. The number of carbonyl (C=O) groups excluding carboxylic acids is 5. The van der Waals surface area contributed by atoms with Gasteiger partial charge in [0.05, 0.1) is 14.2 Å². The Bertz CT molecular complexity index is 1970. The van der Waals surface area contributed by atoms with Crippen LogP contribution in [0.1, 0.15) is 83.5 Å². The molecule has 2 aliphatic rings. The SMILES string of the molecule is CCN(CC)CC1CCN(C(=O)[C@H](NC(=O)c2ccc(OC)cc2)c2ccccc2)CC1.COc1ccc(C(=O)N[C@@H](C(=O)N2CCC(C=O)CC2)c2ccccc2)cc1.Cl. The molecule has 0 bridgehead atoms. The van der Waals surface area contributed by atoms with Crippen molar-refractivity contribution in [2.45, 2.75) is 51.6 Å². The number of benzene rings is 4. The van der Waals surface area contributed by atoms with Crippen LogP contribution in [0.3, 0.4) is 0 Å². The first-order valence-electron chi connectivity index (χ1n) is 20.9. The van der Waals surface area contributed by atoms with E-state index in [4.69, 9.17) is 9.47 Å². The second-order valence-electron chi connectivity index (χ2n) is 15.1. The average molecular weight is 854 g/mol. The van der Waals surface area contributed by atoms with E-state index in [0.717, 1.165) is 63.0 Å². The van der Waals surface area contributed by atoms with Gasteiger partial charge < -0.3 is 39.6 Å². The summed E-state index contributed by atoms with van der Waals surface area (Å²) in [5.41, 5.74) is 2.48. The summed E-state index contributed by atoms with van der Waals surface area (Å²) in [7, 11) is 3.15. The third-order valence-corrected chi connectivity index (χ3v) is 11.4. The number of nitrogens with one attached hydrogen (secondary N) is 2. The van der Waals surface area contributed by atoms with Crippen LogP contribution in [0.15, 0.2) is 109 Å². The molecule has 6 rings (SSSR count). The van der Waals surface area contributed by atoms with Crippen LogP contribution >= 0.6 is 12.4 Å². The minimum Gasteiger partial charge on any atom is -0.497 e. The Morgan fingerprint density at radius 3 is 1.34 bits per heavy atom. The van der Waals surface area contributed by atoms with Crippen molar-refractivity contribution in [2.75, 3.05) is 60.0 Å². The fraction of sp³-hybridized carbons (Fsp3) is 0.396. The molecule has 2 fully saturated rings. The van der Waals surface area contributed by atoms with E-state index in [1.165, 1.54) is 0 Å². The summed E-state index contributed by atoms with van der Waals surface area (Å²) in [5.74, 6) is 1.17. The zero-order valence-corrected chi connectivity index (χ0v) is 36.5. The van der Waals surface area contributed by atoms with Gasteiger partial charge in [-0.3, -0.25) is 19.2 Å². The molecule has 0 aromatic heterocycles. The zero-order valence-electron chi connectivity index (χ0n) is 35.7. The molecule has 2 aliphatic heterocycles. The number of likely N-dealkylation sites (tertiary alicyclic amines) is 2. The zero-order chi connectivity index (χ0) is 42.9. The fourth-order valence-corrected chi connectivity index (χ4v) is 7.58. The Morgan fingerprint density at radius 1 is 0.623 bits per heavy atom. The molecule has 4 aromatic rings. The van der Waals surface area contributed by atoms with Gasteiger partial charge in [-0.15, -0.1) is 12.4 Å². The van der Waals surface area contributed by atoms with Gasteiger partial charge >= 0.3 is 0 Å². The lowest BCUT2D eigenvalue weighted by atomic mass is 9.95. The van der Waals surface area contributed by atoms with Crippen molar-refractivity contribution >= 4 is 42.3 Å². The van der Waals surface area contributed by atoms with E-state index < -0.39 is 12.1 Å². The Labute approximate surface area is 366 Å². The molecule has 2 atom stereocenters. The Kier molecular flexibility index (Phi) is 19.3. The number of methoxy groups -OCH3 is 2. The maximum atomic E-state index is 13.5. The van der Waals surface area contributed by atoms with Crippen LogP contribution in [0.5, 0.6) is 11.5 Å². The second kappa shape index (κ2) is 24.5. The van der Waals surface area contributed by atoms with Gasteiger partial charge in [-0.05, 0) is 104 Å². The summed E-state index contributed by atoms with van der Waals surface area (Å²) < 4.78 is 10.3. The van der Waals surface area contributed by atoms with Gasteiger partial charge in [0.25, 0.3) is 11.8 Å². The van der Waals surface area contributed by atoms with E-state index in [-0.39, 0.29) is 42.0 Å². The number of hydrogen-bond donors (Lipinski definition) is 2. The van der Waals surface area contributed by atoms with Gasteiger partial charge in [0.2, 0.25) is 11.8 Å². The van der Waals surface area contributed by atoms with E-state index in [1.54, 1.807) is 67.7 Å². The lowest BCUT2D eigenvalue weighted by Crippen LogP contribution is -2.47. The van der Waals surface area contributed by atoms with Crippen molar-refractivity contribution in [1.82, 2.24) is 25.3 Å². The normalized spacial score (nSPS) is 15.2. The number of aldehydes is 1. The fourth-order valence-electron chi connectivity index (χ4n) is 7.58. The van der Waals surface area contributed by atoms with Crippen molar-refractivity contribution in [1.29, 1.82) is 0 Å². The highest BCUT2D eigenvalue weighted by Gasteiger charge is 2.32. The van der Waals surface area contributed by atoms with Crippen LogP contribution < -0.4 is 20.1 Å². The summed E-state index contributed by atoms with van der Waals surface area (Å²) in [6.07, 6.45) is 4.26. The van der Waals surface area contributed by atoms with Crippen LogP contribution in [0.25, 0.3) is 0 Å². The molecule has 326 valence electrons. The maximum absolute atomic E-state index is 13.5. The summed E-state index contributed by atoms with van der Waals surface area (Å²) in [4.78, 5) is 69.4. The predicted octanol–water partition coefficient (Wildman–Crippen LogP) is 6.77. The van der Waals surface area contributed by atoms with E-state index in [0.29, 0.717) is 54.5 Å². The molecule has 2 heterocycles. The molecule has 0 unspecified atom stereocenters. The molecule has 13 heteroatoms. The summed E-state index contributed by atoms with van der Waals surface area (Å²) in [6.45, 7) is 10.1. The molecule has 0 spiro atoms. The first-order valence-corrected chi connectivity index (χ1v) is 20.9. The minimum absolute atomic E-state index is 0. The monoisotopic (exact) mass is 853 g/mol. The molecule has 0 aliphatic carbocycles. The lowest BCUT2D eigenvalue weighted by molar-refractivity contribution is -0.136. The van der Waals surface area contributed by atoms with E-state index in [2.05, 4.69) is 29.4 Å². The molecule has 0 radical (unpaired) electrons.